The van der Waals surface area contributed by atoms with Crippen molar-refractivity contribution in [1.29, 1.82) is 0 Å². The topological polar surface area (TPSA) is 78.4 Å². The van der Waals surface area contributed by atoms with Crippen LogP contribution in [0.2, 0.25) is 0 Å². The molecule has 1 saturated heterocycles. The number of nitrogens with zero attached hydrogens (tertiary/aromatic N) is 2. The largest absolute Gasteiger partial charge is 0.497 e. The minimum absolute atomic E-state index is 0.380. The number of benzene rings is 1. The lowest BCUT2D eigenvalue weighted by molar-refractivity contribution is 0.0143. The summed E-state index contributed by atoms with van der Waals surface area (Å²) in [5.74, 6) is 2.09. The molecule has 29 heavy (non-hydrogen) atoms. The molecule has 1 aromatic carbocycles. The van der Waals surface area contributed by atoms with Crippen LogP contribution in [0.15, 0.2) is 29.3 Å². The zero-order valence-corrected chi connectivity index (χ0v) is 18.4. The SMILES string of the molecule is CCNC(=NCC(CC(C)C)N1CCOCC1)NCC(O)c1cccc(OC)c1. The Hall–Kier alpha value is -1.83. The number of nitrogens with one attached hydrogen (secondary N) is 2. The Morgan fingerprint density at radius 1 is 1.28 bits per heavy atom. The standard InChI is InChI=1S/C22H38N4O3/c1-5-23-22(25-16-21(27)18-7-6-8-20(14-18)28-4)24-15-19(13-17(2)3)26-9-11-29-12-10-26/h6-8,14,17,19,21,27H,5,9-13,15-16H2,1-4H3,(H2,23,24,25). The first-order valence-electron chi connectivity index (χ1n) is 10.7. The third kappa shape index (κ3) is 8.20. The molecule has 0 radical (unpaired) electrons. The lowest BCUT2D eigenvalue weighted by Crippen LogP contribution is -2.46. The first kappa shape index (κ1) is 23.4. The second-order valence-electron chi connectivity index (χ2n) is 7.82. The third-order valence-corrected chi connectivity index (χ3v) is 5.05. The molecule has 1 fully saturated rings. The Bertz CT molecular complexity index is 618. The second kappa shape index (κ2) is 12.7. The van der Waals surface area contributed by atoms with E-state index in [1.54, 1.807) is 7.11 Å². The summed E-state index contributed by atoms with van der Waals surface area (Å²) in [6.07, 6.45) is 0.467. The molecule has 7 heteroatoms. The summed E-state index contributed by atoms with van der Waals surface area (Å²) in [7, 11) is 1.63. The molecule has 1 aliphatic heterocycles. The number of hydrogen-bond donors (Lipinski definition) is 3. The highest BCUT2D eigenvalue weighted by Gasteiger charge is 2.22. The number of morpholine rings is 1. The molecule has 0 amide bonds. The molecule has 0 saturated carbocycles. The Balaban J connectivity index is 1.97. The van der Waals surface area contributed by atoms with Crippen LogP contribution in [0, 0.1) is 5.92 Å². The minimum atomic E-state index is -0.639. The van der Waals surface area contributed by atoms with Crippen molar-refractivity contribution < 1.29 is 14.6 Å². The van der Waals surface area contributed by atoms with E-state index in [-0.39, 0.29) is 0 Å². The van der Waals surface area contributed by atoms with Crippen LogP contribution in [0.5, 0.6) is 5.75 Å². The second-order valence-corrected chi connectivity index (χ2v) is 7.82. The fourth-order valence-electron chi connectivity index (χ4n) is 3.52. The lowest BCUT2D eigenvalue weighted by atomic mass is 10.0. The first-order valence-corrected chi connectivity index (χ1v) is 10.7. The monoisotopic (exact) mass is 406 g/mol. The molecule has 1 heterocycles. The highest BCUT2D eigenvalue weighted by Crippen LogP contribution is 2.18. The fraction of sp³-hybridized carbons (Fsp3) is 0.682. The van der Waals surface area contributed by atoms with Crippen molar-refractivity contribution in [2.24, 2.45) is 10.9 Å². The molecular formula is C22H38N4O3. The predicted molar refractivity (Wildman–Crippen MR) is 118 cm³/mol. The van der Waals surface area contributed by atoms with Gasteiger partial charge in [-0.15, -0.1) is 0 Å². The van der Waals surface area contributed by atoms with Crippen LogP contribution in [-0.2, 0) is 4.74 Å². The molecule has 2 unspecified atom stereocenters. The van der Waals surface area contributed by atoms with Gasteiger partial charge in [-0.25, -0.2) is 0 Å². The van der Waals surface area contributed by atoms with Crippen molar-refractivity contribution in [2.45, 2.75) is 39.3 Å². The Morgan fingerprint density at radius 2 is 2.03 bits per heavy atom. The number of guanidine groups is 1. The number of methoxy groups -OCH3 is 1. The summed E-state index contributed by atoms with van der Waals surface area (Å²) >= 11 is 0. The zero-order chi connectivity index (χ0) is 21.1. The average Bonchev–Trinajstić information content (AvgIpc) is 2.74. The Labute approximate surface area is 175 Å². The maximum atomic E-state index is 10.5. The van der Waals surface area contributed by atoms with Crippen molar-refractivity contribution >= 4 is 5.96 Å². The van der Waals surface area contributed by atoms with Gasteiger partial charge in [-0.1, -0.05) is 26.0 Å². The number of aliphatic imine (C=N–C) groups is 1. The number of aliphatic hydroxyl groups excluding tert-OH is 1. The third-order valence-electron chi connectivity index (χ3n) is 5.05. The summed E-state index contributed by atoms with van der Waals surface area (Å²) in [5.41, 5.74) is 0.818. The van der Waals surface area contributed by atoms with E-state index in [2.05, 4.69) is 29.4 Å². The number of hydrogen-bond acceptors (Lipinski definition) is 5. The maximum Gasteiger partial charge on any atom is 0.191 e. The first-order chi connectivity index (χ1) is 14.0. The van der Waals surface area contributed by atoms with Gasteiger partial charge in [-0.3, -0.25) is 9.89 Å². The quantitative estimate of drug-likeness (QED) is 0.408. The highest BCUT2D eigenvalue weighted by molar-refractivity contribution is 5.79. The molecule has 2 rings (SSSR count). The summed E-state index contributed by atoms with van der Waals surface area (Å²) in [4.78, 5) is 7.31. The van der Waals surface area contributed by atoms with Crippen molar-refractivity contribution in [3.8, 4) is 5.75 Å². The van der Waals surface area contributed by atoms with Gasteiger partial charge < -0.3 is 25.2 Å². The lowest BCUT2D eigenvalue weighted by Gasteiger charge is -2.34. The van der Waals surface area contributed by atoms with Crippen LogP contribution in [0.25, 0.3) is 0 Å². The highest BCUT2D eigenvalue weighted by atomic mass is 16.5. The smallest absolute Gasteiger partial charge is 0.191 e. The van der Waals surface area contributed by atoms with Crippen LogP contribution < -0.4 is 15.4 Å². The fourth-order valence-corrected chi connectivity index (χ4v) is 3.52. The van der Waals surface area contributed by atoms with E-state index in [1.165, 1.54) is 0 Å². The average molecular weight is 407 g/mol. The Morgan fingerprint density at radius 3 is 2.69 bits per heavy atom. The van der Waals surface area contributed by atoms with Crippen molar-refractivity contribution in [1.82, 2.24) is 15.5 Å². The van der Waals surface area contributed by atoms with Crippen LogP contribution in [0.1, 0.15) is 38.9 Å². The van der Waals surface area contributed by atoms with Crippen molar-refractivity contribution in [3.05, 3.63) is 29.8 Å². The summed E-state index contributed by atoms with van der Waals surface area (Å²) in [5, 5.41) is 17.1. The van der Waals surface area contributed by atoms with E-state index in [4.69, 9.17) is 14.5 Å². The van der Waals surface area contributed by atoms with E-state index in [0.29, 0.717) is 18.5 Å². The van der Waals surface area contributed by atoms with E-state index < -0.39 is 6.10 Å². The molecule has 0 aliphatic carbocycles. The van der Waals surface area contributed by atoms with Crippen LogP contribution in [0.4, 0.5) is 0 Å². The van der Waals surface area contributed by atoms with E-state index in [1.807, 2.05) is 31.2 Å². The molecule has 164 valence electrons. The summed E-state index contributed by atoms with van der Waals surface area (Å²) in [6.45, 7) is 11.9. The minimum Gasteiger partial charge on any atom is -0.497 e. The van der Waals surface area contributed by atoms with Gasteiger partial charge in [-0.05, 0) is 37.0 Å². The number of aliphatic hydroxyl groups is 1. The molecular weight excluding hydrogens is 368 g/mol. The number of ether oxygens (including phenoxy) is 2. The summed E-state index contributed by atoms with van der Waals surface area (Å²) in [6, 6.07) is 7.91. The van der Waals surface area contributed by atoms with Gasteiger partial charge in [0.15, 0.2) is 5.96 Å². The van der Waals surface area contributed by atoms with Crippen molar-refractivity contribution in [3.63, 3.8) is 0 Å². The summed E-state index contributed by atoms with van der Waals surface area (Å²) < 4.78 is 10.7. The van der Waals surface area contributed by atoms with Crippen LogP contribution in [0.3, 0.4) is 0 Å². The van der Waals surface area contributed by atoms with Gasteiger partial charge in [-0.2, -0.15) is 0 Å². The van der Waals surface area contributed by atoms with Gasteiger partial charge in [0, 0.05) is 32.2 Å². The van der Waals surface area contributed by atoms with Gasteiger partial charge in [0.1, 0.15) is 5.75 Å². The Kier molecular flexibility index (Phi) is 10.2. The maximum absolute atomic E-state index is 10.5. The molecule has 1 aromatic rings. The van der Waals surface area contributed by atoms with Crippen LogP contribution >= 0.6 is 0 Å². The molecule has 7 nitrogen and oxygen atoms in total. The van der Waals surface area contributed by atoms with Crippen LogP contribution in [-0.4, -0.2) is 75.1 Å². The van der Waals surface area contributed by atoms with Gasteiger partial charge in [0.25, 0.3) is 0 Å². The molecule has 0 spiro atoms. The molecule has 0 bridgehead atoms. The van der Waals surface area contributed by atoms with Gasteiger partial charge in [0.05, 0.1) is 33.0 Å². The van der Waals surface area contributed by atoms with Gasteiger partial charge >= 0.3 is 0 Å². The van der Waals surface area contributed by atoms with Crippen molar-refractivity contribution in [2.75, 3.05) is 53.0 Å². The molecule has 0 aromatic heterocycles. The normalized spacial score (nSPS) is 17.8. The molecule has 3 N–H and O–H groups in total. The zero-order valence-electron chi connectivity index (χ0n) is 18.4. The van der Waals surface area contributed by atoms with E-state index >= 15 is 0 Å². The van der Waals surface area contributed by atoms with Gasteiger partial charge in [0.2, 0.25) is 0 Å². The molecule has 2 atom stereocenters. The number of rotatable bonds is 10. The predicted octanol–water partition coefficient (Wildman–Crippen LogP) is 2.03. The van der Waals surface area contributed by atoms with E-state index in [0.717, 1.165) is 63.1 Å². The molecule has 1 aliphatic rings. The van der Waals surface area contributed by atoms with E-state index in [9.17, 15) is 5.11 Å².